The molecule has 1 aromatic heterocycles. The van der Waals surface area contributed by atoms with Crippen LogP contribution in [0.3, 0.4) is 0 Å². The van der Waals surface area contributed by atoms with Crippen LogP contribution in [-0.4, -0.2) is 33.2 Å². The number of nitrogens with zero attached hydrogens (tertiary/aromatic N) is 3. The lowest BCUT2D eigenvalue weighted by molar-refractivity contribution is -0.00932. The average molecular weight is 211 g/mol. The third-order valence-electron chi connectivity index (χ3n) is 3.05. The van der Waals surface area contributed by atoms with Crippen LogP contribution in [-0.2, 0) is 0 Å². The van der Waals surface area contributed by atoms with Crippen molar-refractivity contribution in [1.82, 2.24) is 9.36 Å². The normalized spacial score (nSPS) is 24.9. The molecular formula is C9H13N3OS. The SMILES string of the molecule is Cc1nsc(N2CC(O)(C3CC3)C2)n1. The van der Waals surface area contributed by atoms with Crippen LogP contribution in [0.25, 0.3) is 0 Å². The molecule has 2 heterocycles. The van der Waals surface area contributed by atoms with Crippen LogP contribution < -0.4 is 4.90 Å². The molecule has 76 valence electrons. The summed E-state index contributed by atoms with van der Waals surface area (Å²) in [4.78, 5) is 6.41. The van der Waals surface area contributed by atoms with Crippen LogP contribution in [0.1, 0.15) is 18.7 Å². The minimum Gasteiger partial charge on any atom is -0.386 e. The van der Waals surface area contributed by atoms with Gasteiger partial charge in [0.1, 0.15) is 11.4 Å². The Labute approximate surface area is 86.7 Å². The van der Waals surface area contributed by atoms with E-state index in [4.69, 9.17) is 0 Å². The minimum atomic E-state index is -0.417. The Morgan fingerprint density at radius 3 is 2.71 bits per heavy atom. The number of β-amino-alcohol motifs (C(OH)–C–C–N with tert-alkyl or cyclic N) is 1. The van der Waals surface area contributed by atoms with Gasteiger partial charge in [-0.1, -0.05) is 0 Å². The third-order valence-corrected chi connectivity index (χ3v) is 3.92. The maximum atomic E-state index is 10.1. The number of aryl methyl sites for hydroxylation is 1. The molecule has 0 spiro atoms. The van der Waals surface area contributed by atoms with E-state index in [0.717, 1.165) is 24.0 Å². The van der Waals surface area contributed by atoms with E-state index < -0.39 is 5.60 Å². The summed E-state index contributed by atoms with van der Waals surface area (Å²) in [5.74, 6) is 1.37. The smallest absolute Gasteiger partial charge is 0.205 e. The van der Waals surface area contributed by atoms with Gasteiger partial charge in [-0.25, -0.2) is 4.98 Å². The summed E-state index contributed by atoms with van der Waals surface area (Å²) in [6.45, 7) is 3.38. The molecule has 2 fully saturated rings. The third kappa shape index (κ3) is 1.23. The maximum Gasteiger partial charge on any atom is 0.205 e. The van der Waals surface area contributed by atoms with E-state index in [1.165, 1.54) is 24.4 Å². The second-order valence-corrected chi connectivity index (χ2v) is 5.09. The highest BCUT2D eigenvalue weighted by Gasteiger charge is 2.52. The van der Waals surface area contributed by atoms with Crippen molar-refractivity contribution >= 4 is 16.7 Å². The van der Waals surface area contributed by atoms with Crippen LogP contribution in [0, 0.1) is 12.8 Å². The fraction of sp³-hybridized carbons (Fsp3) is 0.778. The summed E-state index contributed by atoms with van der Waals surface area (Å²) in [7, 11) is 0. The van der Waals surface area contributed by atoms with E-state index in [1.54, 1.807) is 0 Å². The second kappa shape index (κ2) is 2.67. The first-order chi connectivity index (χ1) is 6.67. The zero-order chi connectivity index (χ0) is 9.76. The topological polar surface area (TPSA) is 49.2 Å². The Balaban J connectivity index is 1.68. The van der Waals surface area contributed by atoms with Gasteiger partial charge in [-0.3, -0.25) is 0 Å². The summed E-state index contributed by atoms with van der Waals surface area (Å²) in [5, 5.41) is 11.1. The van der Waals surface area contributed by atoms with Gasteiger partial charge in [0, 0.05) is 11.5 Å². The summed E-state index contributed by atoms with van der Waals surface area (Å²) < 4.78 is 4.14. The molecule has 0 aromatic carbocycles. The lowest BCUT2D eigenvalue weighted by atomic mass is 9.89. The van der Waals surface area contributed by atoms with Crippen molar-refractivity contribution in [3.63, 3.8) is 0 Å². The molecule has 2 aliphatic rings. The Kier molecular flexibility index (Phi) is 1.64. The Hall–Kier alpha value is -0.680. The highest BCUT2D eigenvalue weighted by atomic mass is 32.1. The molecule has 0 radical (unpaired) electrons. The quantitative estimate of drug-likeness (QED) is 0.786. The molecule has 14 heavy (non-hydrogen) atoms. The molecule has 1 aliphatic heterocycles. The van der Waals surface area contributed by atoms with Crippen LogP contribution in [0.2, 0.25) is 0 Å². The van der Waals surface area contributed by atoms with E-state index in [2.05, 4.69) is 14.3 Å². The van der Waals surface area contributed by atoms with Gasteiger partial charge in [-0.05, 0) is 25.7 Å². The Morgan fingerprint density at radius 2 is 2.21 bits per heavy atom. The fourth-order valence-corrected chi connectivity index (χ4v) is 2.72. The largest absolute Gasteiger partial charge is 0.386 e. The summed E-state index contributed by atoms with van der Waals surface area (Å²) >= 11 is 1.42. The van der Waals surface area contributed by atoms with E-state index in [0.29, 0.717) is 5.92 Å². The molecule has 0 amide bonds. The number of rotatable bonds is 2. The van der Waals surface area contributed by atoms with Crippen LogP contribution in [0.15, 0.2) is 0 Å². The predicted octanol–water partition coefficient (Wildman–Crippen LogP) is 0.808. The summed E-state index contributed by atoms with van der Waals surface area (Å²) in [6, 6.07) is 0. The van der Waals surface area contributed by atoms with E-state index in [9.17, 15) is 5.11 Å². The predicted molar refractivity (Wildman–Crippen MR) is 54.5 cm³/mol. The molecule has 0 bridgehead atoms. The average Bonchev–Trinajstić information content (AvgIpc) is 2.85. The van der Waals surface area contributed by atoms with Gasteiger partial charge in [0.25, 0.3) is 0 Å². The Morgan fingerprint density at radius 1 is 1.50 bits per heavy atom. The van der Waals surface area contributed by atoms with Crippen molar-refractivity contribution in [2.24, 2.45) is 5.92 Å². The Bertz CT molecular complexity index is 355. The molecule has 3 rings (SSSR count). The standard InChI is InChI=1S/C9H13N3OS/c1-6-10-8(14-11-6)12-4-9(13,5-12)7-2-3-7/h7,13H,2-5H2,1H3. The number of aliphatic hydroxyl groups is 1. The van der Waals surface area contributed by atoms with Gasteiger partial charge in [-0.15, -0.1) is 0 Å². The highest BCUT2D eigenvalue weighted by molar-refractivity contribution is 7.09. The molecule has 1 aromatic rings. The second-order valence-electron chi connectivity index (χ2n) is 4.36. The van der Waals surface area contributed by atoms with Crippen LogP contribution in [0.4, 0.5) is 5.13 Å². The number of anilines is 1. The number of hydrogen-bond donors (Lipinski definition) is 1. The van der Waals surface area contributed by atoms with Crippen molar-refractivity contribution in [1.29, 1.82) is 0 Å². The first kappa shape index (κ1) is 8.61. The number of hydrogen-bond acceptors (Lipinski definition) is 5. The first-order valence-corrected chi connectivity index (χ1v) is 5.72. The summed E-state index contributed by atoms with van der Waals surface area (Å²) in [6.07, 6.45) is 2.39. The molecule has 0 atom stereocenters. The molecular weight excluding hydrogens is 198 g/mol. The van der Waals surface area contributed by atoms with E-state index >= 15 is 0 Å². The van der Waals surface area contributed by atoms with Gasteiger partial charge in [0.15, 0.2) is 0 Å². The monoisotopic (exact) mass is 211 g/mol. The molecule has 1 N–H and O–H groups in total. The molecule has 1 aliphatic carbocycles. The van der Waals surface area contributed by atoms with Gasteiger partial charge >= 0.3 is 0 Å². The summed E-state index contributed by atoms with van der Waals surface area (Å²) in [5.41, 5.74) is -0.417. The lowest BCUT2D eigenvalue weighted by Gasteiger charge is -2.46. The van der Waals surface area contributed by atoms with Crippen molar-refractivity contribution in [3.05, 3.63) is 5.82 Å². The molecule has 4 nitrogen and oxygen atoms in total. The van der Waals surface area contributed by atoms with Crippen LogP contribution in [0.5, 0.6) is 0 Å². The maximum absolute atomic E-state index is 10.1. The molecule has 1 saturated carbocycles. The van der Waals surface area contributed by atoms with Crippen molar-refractivity contribution in [2.45, 2.75) is 25.4 Å². The zero-order valence-corrected chi connectivity index (χ0v) is 8.92. The highest BCUT2D eigenvalue weighted by Crippen LogP contribution is 2.45. The van der Waals surface area contributed by atoms with Gasteiger partial charge in [0.2, 0.25) is 5.13 Å². The first-order valence-electron chi connectivity index (χ1n) is 4.95. The fourth-order valence-electron chi connectivity index (χ4n) is 2.04. The molecule has 5 heteroatoms. The van der Waals surface area contributed by atoms with Crippen molar-refractivity contribution in [2.75, 3.05) is 18.0 Å². The zero-order valence-electron chi connectivity index (χ0n) is 8.10. The minimum absolute atomic E-state index is 0.417. The van der Waals surface area contributed by atoms with Gasteiger partial charge in [0.05, 0.1) is 13.1 Å². The van der Waals surface area contributed by atoms with Gasteiger partial charge < -0.3 is 10.0 Å². The van der Waals surface area contributed by atoms with Crippen LogP contribution >= 0.6 is 11.5 Å². The van der Waals surface area contributed by atoms with E-state index in [1.807, 2.05) is 6.92 Å². The lowest BCUT2D eigenvalue weighted by Crippen LogP contribution is -2.63. The van der Waals surface area contributed by atoms with E-state index in [-0.39, 0.29) is 0 Å². The molecule has 1 saturated heterocycles. The van der Waals surface area contributed by atoms with Crippen molar-refractivity contribution < 1.29 is 5.11 Å². The van der Waals surface area contributed by atoms with Crippen molar-refractivity contribution in [3.8, 4) is 0 Å². The molecule has 0 unspecified atom stereocenters. The number of aromatic nitrogens is 2. The van der Waals surface area contributed by atoms with Gasteiger partial charge in [-0.2, -0.15) is 4.37 Å².